The molecule has 1 aliphatic rings. The molecule has 0 spiro atoms. The van der Waals surface area contributed by atoms with Crippen LogP contribution in [0.25, 0.3) is 6.08 Å². The summed E-state index contributed by atoms with van der Waals surface area (Å²) in [5.74, 6) is -0.780. The number of rotatable bonds is 2. The summed E-state index contributed by atoms with van der Waals surface area (Å²) in [6.07, 6.45) is 3.94. The predicted octanol–water partition coefficient (Wildman–Crippen LogP) is 2.23. The monoisotopic (exact) mass is 284 g/mol. The van der Waals surface area contributed by atoms with E-state index in [0.29, 0.717) is 17.6 Å². The number of nitrogens with zero attached hydrogens (tertiary/aromatic N) is 1. The first kappa shape index (κ1) is 14.7. The molecule has 0 bridgehead atoms. The van der Waals surface area contributed by atoms with Crippen LogP contribution in [0.4, 0.5) is 0 Å². The Labute approximate surface area is 122 Å². The Morgan fingerprint density at radius 2 is 2.00 bits per heavy atom. The second-order valence-electron chi connectivity index (χ2n) is 5.61. The van der Waals surface area contributed by atoms with Crippen LogP contribution in [0.15, 0.2) is 35.4 Å². The number of allylic oxidation sites excluding steroid dienone is 1. The minimum Gasteiger partial charge on any atom is -0.504 e. The maximum Gasteiger partial charge on any atom is 0.262 e. The van der Waals surface area contributed by atoms with Crippen LogP contribution in [0.5, 0.6) is 11.5 Å². The van der Waals surface area contributed by atoms with Crippen LogP contribution in [0.2, 0.25) is 0 Å². The van der Waals surface area contributed by atoms with E-state index in [1.54, 1.807) is 18.2 Å². The summed E-state index contributed by atoms with van der Waals surface area (Å²) in [4.78, 5) is 11.9. The Morgan fingerprint density at radius 1 is 1.29 bits per heavy atom. The SMILES string of the molecule is CC1(C)CC(/C=C/c2ccc(O)c(O)c2)=C(C#N)C(=O)N1. The molecule has 1 aliphatic heterocycles. The van der Waals surface area contributed by atoms with E-state index in [1.807, 2.05) is 19.9 Å². The highest BCUT2D eigenvalue weighted by Crippen LogP contribution is 2.28. The summed E-state index contributed by atoms with van der Waals surface area (Å²) < 4.78 is 0. The fourth-order valence-electron chi connectivity index (χ4n) is 2.23. The first-order valence-corrected chi connectivity index (χ1v) is 6.48. The number of carbonyl (C=O) groups is 1. The molecule has 0 unspecified atom stereocenters. The van der Waals surface area contributed by atoms with Gasteiger partial charge in [-0.3, -0.25) is 4.79 Å². The van der Waals surface area contributed by atoms with Gasteiger partial charge in [-0.15, -0.1) is 0 Å². The molecule has 1 heterocycles. The molecule has 3 N–H and O–H groups in total. The van der Waals surface area contributed by atoms with Gasteiger partial charge in [-0.1, -0.05) is 18.2 Å². The quantitative estimate of drug-likeness (QED) is 0.726. The van der Waals surface area contributed by atoms with Crippen LogP contribution in [-0.2, 0) is 4.79 Å². The van der Waals surface area contributed by atoms with Crippen molar-refractivity contribution in [2.24, 2.45) is 0 Å². The number of hydrogen-bond acceptors (Lipinski definition) is 4. The van der Waals surface area contributed by atoms with Gasteiger partial charge in [0, 0.05) is 5.54 Å². The van der Waals surface area contributed by atoms with Gasteiger partial charge in [0.15, 0.2) is 11.5 Å². The maximum atomic E-state index is 11.9. The van der Waals surface area contributed by atoms with E-state index < -0.39 is 5.54 Å². The van der Waals surface area contributed by atoms with E-state index in [-0.39, 0.29) is 23.0 Å². The van der Waals surface area contributed by atoms with Gasteiger partial charge in [-0.25, -0.2) is 0 Å². The van der Waals surface area contributed by atoms with E-state index in [4.69, 9.17) is 5.26 Å². The highest BCUT2D eigenvalue weighted by molar-refractivity contribution is 6.00. The summed E-state index contributed by atoms with van der Waals surface area (Å²) in [5.41, 5.74) is 1.01. The molecule has 0 aliphatic carbocycles. The fourth-order valence-corrected chi connectivity index (χ4v) is 2.23. The van der Waals surface area contributed by atoms with E-state index in [9.17, 15) is 15.0 Å². The number of phenolic OH excluding ortho intramolecular Hbond substituents is 2. The minimum atomic E-state index is -0.409. The molecule has 0 atom stereocenters. The van der Waals surface area contributed by atoms with Gasteiger partial charge in [0.2, 0.25) is 0 Å². The van der Waals surface area contributed by atoms with Crippen molar-refractivity contribution in [2.45, 2.75) is 25.8 Å². The van der Waals surface area contributed by atoms with Gasteiger partial charge in [0.25, 0.3) is 5.91 Å². The summed E-state index contributed by atoms with van der Waals surface area (Å²) in [7, 11) is 0. The van der Waals surface area contributed by atoms with Crippen molar-refractivity contribution < 1.29 is 15.0 Å². The average Bonchev–Trinajstić information content (AvgIpc) is 2.38. The van der Waals surface area contributed by atoms with Gasteiger partial charge in [0.05, 0.1) is 0 Å². The molecule has 0 fully saturated rings. The largest absolute Gasteiger partial charge is 0.504 e. The first-order valence-electron chi connectivity index (χ1n) is 6.48. The molecule has 108 valence electrons. The first-order chi connectivity index (χ1) is 9.82. The lowest BCUT2D eigenvalue weighted by molar-refractivity contribution is -0.119. The zero-order chi connectivity index (χ0) is 15.6. The molecule has 0 radical (unpaired) electrons. The Bertz CT molecular complexity index is 694. The van der Waals surface area contributed by atoms with E-state index in [1.165, 1.54) is 12.1 Å². The van der Waals surface area contributed by atoms with Crippen LogP contribution >= 0.6 is 0 Å². The highest BCUT2D eigenvalue weighted by atomic mass is 16.3. The van der Waals surface area contributed by atoms with Gasteiger partial charge < -0.3 is 15.5 Å². The maximum absolute atomic E-state index is 11.9. The molecule has 0 aromatic heterocycles. The second-order valence-corrected chi connectivity index (χ2v) is 5.61. The number of aromatic hydroxyl groups is 2. The van der Waals surface area contributed by atoms with Gasteiger partial charge in [0.1, 0.15) is 11.6 Å². The molecule has 0 saturated carbocycles. The van der Waals surface area contributed by atoms with Crippen molar-refractivity contribution in [3.8, 4) is 17.6 Å². The molecular formula is C16H16N2O3. The van der Waals surface area contributed by atoms with Crippen molar-refractivity contribution in [1.29, 1.82) is 5.26 Å². The Hall–Kier alpha value is -2.74. The van der Waals surface area contributed by atoms with Crippen LogP contribution < -0.4 is 5.32 Å². The Balaban J connectivity index is 2.35. The molecule has 1 aromatic carbocycles. The lowest BCUT2D eigenvalue weighted by Crippen LogP contribution is -2.47. The topological polar surface area (TPSA) is 93.3 Å². The third-order valence-corrected chi connectivity index (χ3v) is 3.22. The number of carbonyl (C=O) groups excluding carboxylic acids is 1. The van der Waals surface area contributed by atoms with Crippen LogP contribution in [-0.4, -0.2) is 21.7 Å². The number of phenols is 2. The summed E-state index contributed by atoms with van der Waals surface area (Å²) >= 11 is 0. The van der Waals surface area contributed by atoms with E-state index >= 15 is 0 Å². The van der Waals surface area contributed by atoms with Crippen molar-refractivity contribution in [2.75, 3.05) is 0 Å². The van der Waals surface area contributed by atoms with Crippen LogP contribution in [0.3, 0.4) is 0 Å². The summed E-state index contributed by atoms with van der Waals surface area (Å²) in [5, 5.41) is 30.6. The molecule has 5 nitrogen and oxygen atoms in total. The predicted molar refractivity (Wildman–Crippen MR) is 78.3 cm³/mol. The third kappa shape index (κ3) is 3.23. The number of nitriles is 1. The van der Waals surface area contributed by atoms with Crippen LogP contribution in [0.1, 0.15) is 25.8 Å². The van der Waals surface area contributed by atoms with Crippen molar-refractivity contribution >= 4 is 12.0 Å². The van der Waals surface area contributed by atoms with Crippen molar-refractivity contribution in [1.82, 2.24) is 5.32 Å². The smallest absolute Gasteiger partial charge is 0.262 e. The van der Waals surface area contributed by atoms with Crippen LogP contribution in [0, 0.1) is 11.3 Å². The second kappa shape index (κ2) is 5.33. The molecule has 1 amide bonds. The lowest BCUT2D eigenvalue weighted by atomic mass is 9.87. The normalized spacial score (nSPS) is 17.7. The molecule has 2 rings (SSSR count). The highest BCUT2D eigenvalue weighted by Gasteiger charge is 2.30. The number of amides is 1. The molecular weight excluding hydrogens is 268 g/mol. The molecule has 1 aromatic rings. The fraction of sp³-hybridized carbons (Fsp3) is 0.250. The summed E-state index contributed by atoms with van der Waals surface area (Å²) in [6, 6.07) is 6.35. The lowest BCUT2D eigenvalue weighted by Gasteiger charge is -2.31. The van der Waals surface area contributed by atoms with Gasteiger partial charge in [-0.05, 0) is 43.5 Å². The standard InChI is InChI=1S/C16H16N2O3/c1-16(2)8-11(12(9-17)15(21)18-16)5-3-10-4-6-13(19)14(20)7-10/h3-7,19-20H,8H2,1-2H3,(H,18,21)/b5-3+. The molecule has 5 heteroatoms. The Kier molecular flexibility index (Phi) is 3.72. The average molecular weight is 284 g/mol. The molecule has 21 heavy (non-hydrogen) atoms. The number of nitrogens with one attached hydrogen (secondary N) is 1. The zero-order valence-electron chi connectivity index (χ0n) is 11.8. The molecule has 0 saturated heterocycles. The number of hydrogen-bond donors (Lipinski definition) is 3. The van der Waals surface area contributed by atoms with E-state index in [2.05, 4.69) is 5.32 Å². The van der Waals surface area contributed by atoms with Crippen molar-refractivity contribution in [3.63, 3.8) is 0 Å². The Morgan fingerprint density at radius 3 is 2.62 bits per heavy atom. The van der Waals surface area contributed by atoms with Crippen molar-refractivity contribution in [3.05, 3.63) is 41.0 Å². The van der Waals surface area contributed by atoms with Gasteiger partial charge in [-0.2, -0.15) is 5.26 Å². The van der Waals surface area contributed by atoms with E-state index in [0.717, 1.165) is 0 Å². The number of benzene rings is 1. The summed E-state index contributed by atoms with van der Waals surface area (Å²) in [6.45, 7) is 3.78. The minimum absolute atomic E-state index is 0.105. The van der Waals surface area contributed by atoms with Gasteiger partial charge >= 0.3 is 0 Å². The third-order valence-electron chi connectivity index (χ3n) is 3.22. The zero-order valence-corrected chi connectivity index (χ0v) is 11.8.